The molecule has 1 N–H and O–H groups in total. The molecule has 6 nitrogen and oxygen atoms in total. The molecule has 2 rings (SSSR count). The lowest BCUT2D eigenvalue weighted by molar-refractivity contribution is 0.0473. The van der Waals surface area contributed by atoms with Crippen molar-refractivity contribution >= 4 is 39.2 Å². The van der Waals surface area contributed by atoms with Gasteiger partial charge in [-0.2, -0.15) is 5.26 Å². The van der Waals surface area contributed by atoms with Gasteiger partial charge >= 0.3 is 5.97 Å². The number of benzene rings is 2. The zero-order valence-electron chi connectivity index (χ0n) is 13.4. The second-order valence-electron chi connectivity index (χ2n) is 5.11. The third-order valence-corrected chi connectivity index (χ3v) is 5.52. The predicted molar refractivity (Wildman–Crippen MR) is 97.4 cm³/mol. The number of hydrogen-bond acceptors (Lipinski definition) is 5. The Morgan fingerprint density at radius 2 is 1.73 bits per heavy atom. The predicted octanol–water partition coefficient (Wildman–Crippen LogP) is 3.54. The van der Waals surface area contributed by atoms with Crippen molar-refractivity contribution in [3.63, 3.8) is 0 Å². The Hall–Kier alpha value is -2.11. The smallest absolute Gasteiger partial charge is 0.338 e. The third-order valence-electron chi connectivity index (χ3n) is 3.34. The van der Waals surface area contributed by atoms with Gasteiger partial charge in [0.25, 0.3) is 0 Å². The number of ether oxygens (including phenoxy) is 1. The van der Waals surface area contributed by atoms with Crippen LogP contribution in [0.5, 0.6) is 0 Å². The molecule has 0 aliphatic heterocycles. The standard InChI is InChI=1S/C17H14Cl2N2O4S/c18-15-3-1-4-16(19)14(15)11-25-17(22)12-5-7-13(8-6-12)26(23,24)21-10-2-9-20/h1,3-8,21H,2,10-11H2. The number of carbonyl (C=O) groups is 1. The van der Waals surface area contributed by atoms with Gasteiger partial charge in [0.15, 0.2) is 0 Å². The highest BCUT2D eigenvalue weighted by molar-refractivity contribution is 7.89. The fraction of sp³-hybridized carbons (Fsp3) is 0.176. The van der Waals surface area contributed by atoms with Crippen LogP contribution in [-0.4, -0.2) is 20.9 Å². The summed E-state index contributed by atoms with van der Waals surface area (Å²) in [5.74, 6) is -0.637. The van der Waals surface area contributed by atoms with Crippen LogP contribution >= 0.6 is 23.2 Å². The minimum absolute atomic E-state index is 0.0128. The molecule has 136 valence electrons. The molecule has 0 atom stereocenters. The van der Waals surface area contributed by atoms with Crippen LogP contribution in [0.4, 0.5) is 0 Å². The lowest BCUT2D eigenvalue weighted by atomic mass is 10.2. The second-order valence-corrected chi connectivity index (χ2v) is 7.69. The molecule has 0 aliphatic carbocycles. The molecule has 0 aromatic heterocycles. The number of halogens is 2. The first kappa shape index (κ1) is 20.2. The molecule has 0 unspecified atom stereocenters. The Kier molecular flexibility index (Phi) is 7.00. The quantitative estimate of drug-likeness (QED) is 0.553. The highest BCUT2D eigenvalue weighted by Gasteiger charge is 2.15. The first-order valence-corrected chi connectivity index (χ1v) is 9.66. The summed E-state index contributed by atoms with van der Waals surface area (Å²) in [4.78, 5) is 12.1. The molecule has 0 saturated heterocycles. The summed E-state index contributed by atoms with van der Waals surface area (Å²) in [7, 11) is -3.73. The Bertz CT molecular complexity index is 918. The van der Waals surface area contributed by atoms with Crippen LogP contribution in [0, 0.1) is 11.3 Å². The van der Waals surface area contributed by atoms with Gasteiger partial charge in [-0.25, -0.2) is 17.9 Å². The van der Waals surface area contributed by atoms with E-state index in [0.717, 1.165) is 0 Å². The molecule has 2 aromatic carbocycles. The van der Waals surface area contributed by atoms with Gasteiger partial charge in [0.1, 0.15) is 6.61 Å². The monoisotopic (exact) mass is 412 g/mol. The van der Waals surface area contributed by atoms with Gasteiger partial charge in [0.05, 0.1) is 16.5 Å². The van der Waals surface area contributed by atoms with Crippen molar-refractivity contribution in [3.05, 3.63) is 63.6 Å². The number of carbonyl (C=O) groups excluding carboxylic acids is 1. The topological polar surface area (TPSA) is 96.3 Å². The van der Waals surface area contributed by atoms with E-state index in [1.54, 1.807) is 18.2 Å². The Morgan fingerprint density at radius 3 is 2.31 bits per heavy atom. The summed E-state index contributed by atoms with van der Waals surface area (Å²) in [6.45, 7) is -0.0890. The molecule has 0 heterocycles. The van der Waals surface area contributed by atoms with E-state index in [1.807, 2.05) is 6.07 Å². The molecular weight excluding hydrogens is 399 g/mol. The van der Waals surface area contributed by atoms with Crippen LogP contribution in [-0.2, 0) is 21.4 Å². The lowest BCUT2D eigenvalue weighted by Crippen LogP contribution is -2.24. The van der Waals surface area contributed by atoms with E-state index in [9.17, 15) is 13.2 Å². The van der Waals surface area contributed by atoms with Crippen molar-refractivity contribution in [1.29, 1.82) is 5.26 Å². The van der Waals surface area contributed by atoms with Crippen LogP contribution in [0.15, 0.2) is 47.4 Å². The molecule has 9 heteroatoms. The molecule has 0 saturated carbocycles. The van der Waals surface area contributed by atoms with Crippen molar-refractivity contribution in [1.82, 2.24) is 4.72 Å². The van der Waals surface area contributed by atoms with Crippen LogP contribution < -0.4 is 4.72 Å². The number of nitriles is 1. The normalized spacial score (nSPS) is 11.0. The van der Waals surface area contributed by atoms with Crippen LogP contribution in [0.25, 0.3) is 0 Å². The summed E-state index contributed by atoms with van der Waals surface area (Å²) in [5.41, 5.74) is 0.675. The van der Waals surface area contributed by atoms with Crippen LogP contribution in [0.3, 0.4) is 0 Å². The van der Waals surface area contributed by atoms with E-state index in [2.05, 4.69) is 4.72 Å². The SMILES string of the molecule is N#CCCNS(=O)(=O)c1ccc(C(=O)OCc2c(Cl)cccc2Cl)cc1. The minimum atomic E-state index is -3.73. The van der Waals surface area contributed by atoms with Crippen molar-refractivity contribution in [2.75, 3.05) is 6.54 Å². The van der Waals surface area contributed by atoms with Gasteiger partial charge in [0, 0.05) is 28.6 Å². The second kappa shape index (κ2) is 9.01. The molecular formula is C17H14Cl2N2O4S. The Balaban J connectivity index is 2.04. The highest BCUT2D eigenvalue weighted by atomic mass is 35.5. The maximum atomic E-state index is 12.1. The van der Waals surface area contributed by atoms with E-state index < -0.39 is 16.0 Å². The third kappa shape index (κ3) is 5.19. The van der Waals surface area contributed by atoms with Gasteiger partial charge in [-0.15, -0.1) is 0 Å². The highest BCUT2D eigenvalue weighted by Crippen LogP contribution is 2.25. The molecule has 0 fully saturated rings. The first-order chi connectivity index (χ1) is 12.3. The molecule has 0 aliphatic rings. The number of nitrogens with zero attached hydrogens (tertiary/aromatic N) is 1. The number of esters is 1. The fourth-order valence-electron chi connectivity index (χ4n) is 1.99. The van der Waals surface area contributed by atoms with Gasteiger partial charge in [-0.3, -0.25) is 0 Å². The van der Waals surface area contributed by atoms with Crippen molar-refractivity contribution in [3.8, 4) is 6.07 Å². The fourth-order valence-corrected chi connectivity index (χ4v) is 3.52. The van der Waals surface area contributed by atoms with E-state index >= 15 is 0 Å². The van der Waals surface area contributed by atoms with Gasteiger partial charge in [0.2, 0.25) is 10.0 Å². The average Bonchev–Trinajstić information content (AvgIpc) is 2.61. The summed E-state index contributed by atoms with van der Waals surface area (Å²) in [6, 6.07) is 12.0. The van der Waals surface area contributed by atoms with Gasteiger partial charge < -0.3 is 4.74 Å². The van der Waals surface area contributed by atoms with Crippen molar-refractivity contribution in [2.24, 2.45) is 0 Å². The molecule has 0 amide bonds. The van der Waals surface area contributed by atoms with Crippen LogP contribution in [0.1, 0.15) is 22.3 Å². The van der Waals surface area contributed by atoms with Gasteiger partial charge in [-0.1, -0.05) is 29.3 Å². The number of nitrogens with one attached hydrogen (secondary N) is 1. The van der Waals surface area contributed by atoms with Crippen molar-refractivity contribution in [2.45, 2.75) is 17.9 Å². The minimum Gasteiger partial charge on any atom is -0.457 e. The van der Waals surface area contributed by atoms with Crippen LogP contribution in [0.2, 0.25) is 10.0 Å². The summed E-state index contributed by atoms with van der Waals surface area (Å²) in [6.07, 6.45) is 0.0637. The van der Waals surface area contributed by atoms with E-state index in [1.165, 1.54) is 24.3 Å². The number of sulfonamides is 1. The Labute approximate surface area is 161 Å². The average molecular weight is 413 g/mol. The summed E-state index contributed by atoms with van der Waals surface area (Å²) < 4.78 is 31.5. The first-order valence-electron chi connectivity index (χ1n) is 7.42. The maximum absolute atomic E-state index is 12.1. The largest absolute Gasteiger partial charge is 0.457 e. The van der Waals surface area contributed by atoms with Crippen molar-refractivity contribution < 1.29 is 17.9 Å². The van der Waals surface area contributed by atoms with E-state index in [-0.39, 0.29) is 30.0 Å². The lowest BCUT2D eigenvalue weighted by Gasteiger charge is -2.09. The maximum Gasteiger partial charge on any atom is 0.338 e. The molecule has 26 heavy (non-hydrogen) atoms. The van der Waals surface area contributed by atoms with E-state index in [0.29, 0.717) is 15.6 Å². The van der Waals surface area contributed by atoms with E-state index in [4.69, 9.17) is 33.2 Å². The van der Waals surface area contributed by atoms with Gasteiger partial charge in [-0.05, 0) is 36.4 Å². The molecule has 0 bridgehead atoms. The Morgan fingerprint density at radius 1 is 1.12 bits per heavy atom. The number of rotatable bonds is 7. The summed E-state index contributed by atoms with van der Waals surface area (Å²) in [5, 5.41) is 9.21. The molecule has 0 spiro atoms. The zero-order valence-corrected chi connectivity index (χ0v) is 15.7. The molecule has 2 aromatic rings. The zero-order chi connectivity index (χ0) is 19.2. The molecule has 0 radical (unpaired) electrons. The summed E-state index contributed by atoms with van der Waals surface area (Å²) >= 11 is 12.0. The number of hydrogen-bond donors (Lipinski definition) is 1.